The fraction of sp³-hybridized carbons (Fsp3) is 0.169. The van der Waals surface area contributed by atoms with Crippen LogP contribution >= 0.6 is 0 Å². The van der Waals surface area contributed by atoms with Gasteiger partial charge in [-0.05, 0) is 94.6 Å². The van der Waals surface area contributed by atoms with E-state index in [1.165, 1.54) is 75.7 Å². The van der Waals surface area contributed by atoms with E-state index < -0.39 is 0 Å². The van der Waals surface area contributed by atoms with Crippen LogP contribution in [0, 0.1) is 19.1 Å². The van der Waals surface area contributed by atoms with Crippen molar-refractivity contribution in [3.63, 3.8) is 0 Å². The molecule has 4 heterocycles. The van der Waals surface area contributed by atoms with Crippen LogP contribution in [-0.4, -0.2) is 20.9 Å². The average Bonchev–Trinajstić information content (AvgIpc) is 3.75. The van der Waals surface area contributed by atoms with Gasteiger partial charge in [0.2, 0.25) is 5.69 Å². The zero-order chi connectivity index (χ0) is 49.6. The molecule has 0 bridgehead atoms. The molecule has 3 aromatic heterocycles. The van der Waals surface area contributed by atoms with Gasteiger partial charge in [-0.1, -0.05) is 155 Å². The topological polar surface area (TPSA) is 67.0 Å². The van der Waals surface area contributed by atoms with Crippen molar-refractivity contribution >= 4 is 5.78 Å². The van der Waals surface area contributed by atoms with Crippen molar-refractivity contribution in [2.24, 2.45) is 0 Å². The summed E-state index contributed by atoms with van der Waals surface area (Å²) in [6.45, 7) is 17.1. The minimum absolute atomic E-state index is 0. The SMILES string of the molecule is CC(=O)C=C(C)O.CC(C)(C)c1ccc(-c2ccc(-c3[c-]cccc3)nc2)cc1.CC(C)c1ccc(-c2ccc3[n+](c2)Cc2ccccc2-3)cc1.Cc1ccc(-c2ccc(-c3[c-]cccc3)nc2)cc1.[Ir].[Ir]. The predicted molar refractivity (Wildman–Crippen MR) is 289 cm³/mol. The first-order valence-corrected chi connectivity index (χ1v) is 23.9. The molecule has 0 unspecified atom stereocenters. The van der Waals surface area contributed by atoms with E-state index in [1.54, 1.807) is 0 Å². The molecule has 0 saturated carbocycles. The summed E-state index contributed by atoms with van der Waals surface area (Å²) in [5.41, 5.74) is 19.5. The molecule has 0 amide bonds. The largest absolute Gasteiger partial charge is 0.512 e. The van der Waals surface area contributed by atoms with Crippen molar-refractivity contribution in [3.05, 3.63) is 247 Å². The predicted octanol–water partition coefficient (Wildman–Crippen LogP) is 15.9. The van der Waals surface area contributed by atoms with E-state index in [1.807, 2.05) is 67.0 Å². The van der Waals surface area contributed by atoms with Crippen LogP contribution in [0.25, 0.3) is 67.2 Å². The van der Waals surface area contributed by atoms with E-state index in [4.69, 9.17) is 5.11 Å². The number of rotatable bonds is 7. The number of aliphatic hydroxyl groups is 1. The van der Waals surface area contributed by atoms with Gasteiger partial charge in [0.05, 0.1) is 11.3 Å². The van der Waals surface area contributed by atoms with Crippen LogP contribution in [0.4, 0.5) is 0 Å². The van der Waals surface area contributed by atoms with E-state index in [0.717, 1.165) is 40.2 Å². The monoisotopic (exact) mass is 1300 g/mol. The van der Waals surface area contributed by atoms with Crippen molar-refractivity contribution in [1.82, 2.24) is 9.97 Å². The Morgan fingerprint density at radius 1 is 0.597 bits per heavy atom. The first-order valence-electron chi connectivity index (χ1n) is 23.9. The fourth-order valence-electron chi connectivity index (χ4n) is 8.00. The number of aryl methyl sites for hydroxylation is 1. The smallest absolute Gasteiger partial charge is 0.213 e. The standard InChI is InChI=1S/2C21H20N.C18H14N.C5H8O2.2Ir/c1-15(2)16-7-9-17(10-8-16)18-11-12-21-20-6-4-3-5-19(20)14-22(21)13-18;1-21(2,3)19-12-9-16(10-13-19)18-11-14-20(22-15-18)17-7-5-4-6-8-17;1-14-7-9-15(10-8-14)17-11-12-18(19-13-17)16-5-3-2-4-6-16;1-4(6)3-5(2)7;;/h3-13,15H,14H2,1-2H3;4-7,9-15H,1-3H3;2-5,7-13H,1H3;3,6H,1-2H3;;/q+1;2*-1;;;. The Morgan fingerprint density at radius 2 is 1.07 bits per heavy atom. The van der Waals surface area contributed by atoms with E-state index in [0.29, 0.717) is 5.92 Å². The number of carbonyl (C=O) groups excluding carboxylic acids is 1. The molecule has 10 rings (SSSR count). The summed E-state index contributed by atoms with van der Waals surface area (Å²) in [5, 5.41) is 8.36. The van der Waals surface area contributed by atoms with Gasteiger partial charge >= 0.3 is 0 Å². The van der Waals surface area contributed by atoms with Crippen LogP contribution in [-0.2, 0) is 57.0 Å². The van der Waals surface area contributed by atoms with Gasteiger partial charge in [-0.3, -0.25) is 4.79 Å². The summed E-state index contributed by atoms with van der Waals surface area (Å²) in [7, 11) is 0. The number of fused-ring (bicyclic) bond motifs is 3. The minimum atomic E-state index is -0.125. The second-order valence-electron chi connectivity index (χ2n) is 18.9. The number of aromatic nitrogens is 3. The molecular formula is C65H62Ir2N3O2-. The van der Waals surface area contributed by atoms with Gasteiger partial charge in [-0.25, -0.2) is 0 Å². The number of hydrogen-bond donors (Lipinski definition) is 1. The first-order chi connectivity index (χ1) is 33.7. The first kappa shape index (κ1) is 56.2. The van der Waals surface area contributed by atoms with Crippen LogP contribution in [0.3, 0.4) is 0 Å². The van der Waals surface area contributed by atoms with Gasteiger partial charge in [0.25, 0.3) is 0 Å². The Labute approximate surface area is 454 Å². The van der Waals surface area contributed by atoms with Crippen molar-refractivity contribution in [2.45, 2.75) is 73.3 Å². The number of nitrogens with zero attached hydrogens (tertiary/aromatic N) is 3. The molecule has 1 aliphatic rings. The third kappa shape index (κ3) is 15.6. The van der Waals surface area contributed by atoms with Crippen LogP contribution in [0.2, 0.25) is 0 Å². The maximum absolute atomic E-state index is 10.0. The van der Waals surface area contributed by atoms with E-state index in [-0.39, 0.29) is 57.2 Å². The van der Waals surface area contributed by atoms with Crippen LogP contribution < -0.4 is 4.57 Å². The molecule has 1 aliphatic heterocycles. The quantitative estimate of drug-likeness (QED) is 0.0747. The third-order valence-corrected chi connectivity index (χ3v) is 11.9. The van der Waals surface area contributed by atoms with Crippen molar-refractivity contribution in [2.75, 3.05) is 0 Å². The van der Waals surface area contributed by atoms with Gasteiger partial charge in [-0.2, -0.15) is 4.57 Å². The molecule has 7 heteroatoms. The Hall–Kier alpha value is -6.72. The van der Waals surface area contributed by atoms with Gasteiger partial charge in [0.1, 0.15) is 0 Å². The Morgan fingerprint density at radius 3 is 1.51 bits per heavy atom. The zero-order valence-corrected chi connectivity index (χ0v) is 47.1. The molecule has 0 spiro atoms. The fourth-order valence-corrected chi connectivity index (χ4v) is 8.00. The maximum atomic E-state index is 10.0. The molecule has 5 nitrogen and oxygen atoms in total. The Bertz CT molecular complexity index is 3120. The Kier molecular flexibility index (Phi) is 20.8. The number of allylic oxidation sites excluding steroid dienone is 2. The number of carbonyl (C=O) groups is 1. The molecule has 9 aromatic rings. The second kappa shape index (κ2) is 26.6. The van der Waals surface area contributed by atoms with Crippen molar-refractivity contribution in [1.29, 1.82) is 0 Å². The number of ketones is 1. The van der Waals surface area contributed by atoms with Gasteiger partial charge < -0.3 is 15.1 Å². The minimum Gasteiger partial charge on any atom is -0.512 e. The number of aliphatic hydroxyl groups excluding tert-OH is 1. The number of hydrogen-bond acceptors (Lipinski definition) is 4. The zero-order valence-electron chi connectivity index (χ0n) is 42.3. The summed E-state index contributed by atoms with van der Waals surface area (Å²) < 4.78 is 2.36. The normalized spacial score (nSPS) is 11.1. The van der Waals surface area contributed by atoms with E-state index in [9.17, 15) is 4.79 Å². The van der Waals surface area contributed by atoms with Crippen molar-refractivity contribution in [3.8, 4) is 67.2 Å². The maximum Gasteiger partial charge on any atom is 0.213 e. The van der Waals surface area contributed by atoms with Gasteiger partial charge in [0.15, 0.2) is 18.5 Å². The third-order valence-electron chi connectivity index (χ3n) is 11.9. The van der Waals surface area contributed by atoms with Gasteiger partial charge in [-0.15, -0.1) is 71.8 Å². The van der Waals surface area contributed by atoms with Crippen LogP contribution in [0.15, 0.2) is 212 Å². The molecule has 0 atom stereocenters. The summed E-state index contributed by atoms with van der Waals surface area (Å²) in [6, 6.07) is 69.9. The molecule has 0 fully saturated rings. The summed E-state index contributed by atoms with van der Waals surface area (Å²) in [6.07, 6.45) is 7.29. The Balaban J connectivity index is 0.000000186. The van der Waals surface area contributed by atoms with E-state index in [2.05, 4.69) is 202 Å². The average molecular weight is 1300 g/mol. The molecule has 0 saturated heterocycles. The molecule has 6 aromatic carbocycles. The van der Waals surface area contributed by atoms with Crippen LogP contribution in [0.1, 0.15) is 76.6 Å². The summed E-state index contributed by atoms with van der Waals surface area (Å²) in [5.74, 6) is 0.519. The molecule has 1 N–H and O–H groups in total. The summed E-state index contributed by atoms with van der Waals surface area (Å²) in [4.78, 5) is 19.1. The molecular weight excluding hydrogens is 1240 g/mol. The molecule has 72 heavy (non-hydrogen) atoms. The van der Waals surface area contributed by atoms with Crippen molar-refractivity contribution < 1.29 is 54.7 Å². The molecule has 0 aliphatic carbocycles. The molecule has 2 radical (unpaired) electrons. The molecule has 368 valence electrons. The van der Waals surface area contributed by atoms with Crippen LogP contribution in [0.5, 0.6) is 0 Å². The van der Waals surface area contributed by atoms with E-state index >= 15 is 0 Å². The second-order valence-corrected chi connectivity index (χ2v) is 18.9. The van der Waals surface area contributed by atoms with Gasteiger partial charge in [0, 0.05) is 75.9 Å². The number of benzene rings is 6. The number of pyridine rings is 3. The summed E-state index contributed by atoms with van der Waals surface area (Å²) >= 11 is 0.